The van der Waals surface area contributed by atoms with Crippen molar-refractivity contribution < 1.29 is 14.7 Å². The molecule has 0 radical (unpaired) electrons. The fraction of sp³-hybridized carbons (Fsp3) is 0.857. The van der Waals surface area contributed by atoms with Crippen molar-refractivity contribution in [3.8, 4) is 0 Å². The van der Waals surface area contributed by atoms with Crippen LogP contribution < -0.4 is 5.32 Å². The van der Waals surface area contributed by atoms with Crippen LogP contribution in [0.15, 0.2) is 0 Å². The normalized spacial score (nSPS) is 20.1. The van der Waals surface area contributed by atoms with Gasteiger partial charge in [0.05, 0.1) is 5.92 Å². The predicted molar refractivity (Wildman–Crippen MR) is 82.2 cm³/mol. The number of hydrogen-bond donors (Lipinski definition) is 2. The molecule has 1 saturated heterocycles. The van der Waals surface area contributed by atoms with E-state index in [1.54, 1.807) is 4.90 Å². The van der Waals surface area contributed by atoms with Crippen LogP contribution in [0.1, 0.15) is 40.0 Å². The average molecular weight is 302 g/mol. The van der Waals surface area contributed by atoms with Crippen molar-refractivity contribution in [1.82, 2.24) is 10.2 Å². The van der Waals surface area contributed by atoms with E-state index in [2.05, 4.69) is 19.2 Å². The largest absolute Gasteiger partial charge is 0.481 e. The fourth-order valence-corrected chi connectivity index (χ4v) is 3.31. The lowest BCUT2D eigenvalue weighted by Crippen LogP contribution is -2.44. The molecule has 1 aliphatic rings. The van der Waals surface area contributed by atoms with Crippen LogP contribution >= 0.6 is 11.8 Å². The van der Waals surface area contributed by atoms with Crippen LogP contribution in [-0.4, -0.2) is 52.1 Å². The highest BCUT2D eigenvalue weighted by Gasteiger charge is 2.26. The Morgan fingerprint density at radius 3 is 2.70 bits per heavy atom. The zero-order valence-electron chi connectivity index (χ0n) is 12.6. The Kier molecular flexibility index (Phi) is 6.65. The maximum atomic E-state index is 12.1. The lowest BCUT2D eigenvalue weighted by atomic mass is 10.0. The molecule has 2 amide bonds. The molecule has 1 fully saturated rings. The van der Waals surface area contributed by atoms with E-state index in [-0.39, 0.29) is 17.3 Å². The summed E-state index contributed by atoms with van der Waals surface area (Å²) in [5.74, 6) is -0.390. The Morgan fingerprint density at radius 1 is 1.40 bits per heavy atom. The molecule has 1 aliphatic heterocycles. The summed E-state index contributed by atoms with van der Waals surface area (Å²) < 4.78 is 0.209. The van der Waals surface area contributed by atoms with Gasteiger partial charge in [0, 0.05) is 30.1 Å². The van der Waals surface area contributed by atoms with Gasteiger partial charge in [-0.2, -0.15) is 11.8 Å². The molecule has 1 heterocycles. The summed E-state index contributed by atoms with van der Waals surface area (Å²) in [5, 5.41) is 11.8. The number of urea groups is 1. The second-order valence-electron chi connectivity index (χ2n) is 5.86. The van der Waals surface area contributed by atoms with E-state index in [1.807, 2.05) is 18.7 Å². The van der Waals surface area contributed by atoms with Crippen LogP contribution in [0.3, 0.4) is 0 Å². The van der Waals surface area contributed by atoms with Gasteiger partial charge in [0.1, 0.15) is 0 Å². The Bertz CT molecular complexity index is 347. The van der Waals surface area contributed by atoms with Crippen LogP contribution in [0.25, 0.3) is 0 Å². The maximum absolute atomic E-state index is 12.1. The summed E-state index contributed by atoms with van der Waals surface area (Å²) in [4.78, 5) is 25.0. The Morgan fingerprint density at radius 2 is 2.10 bits per heavy atom. The molecule has 0 bridgehead atoms. The van der Waals surface area contributed by atoms with E-state index in [9.17, 15) is 9.59 Å². The van der Waals surface area contributed by atoms with Gasteiger partial charge in [0.15, 0.2) is 0 Å². The SMILES string of the molecule is CCCC(CNC(=O)N1CCSC(C)(C)CC1)C(=O)O. The number of carbonyl (C=O) groups is 2. The number of hydrogen-bond acceptors (Lipinski definition) is 3. The number of rotatable bonds is 5. The molecular formula is C14H26N2O3S. The quantitative estimate of drug-likeness (QED) is 0.818. The number of carboxylic acid groups (broad SMARTS) is 1. The fourth-order valence-electron chi connectivity index (χ4n) is 2.21. The summed E-state index contributed by atoms with van der Waals surface area (Å²) in [7, 11) is 0. The third kappa shape index (κ3) is 5.61. The van der Waals surface area contributed by atoms with Crippen molar-refractivity contribution in [2.24, 2.45) is 5.92 Å². The number of aliphatic carboxylic acids is 1. The van der Waals surface area contributed by atoms with Crippen molar-refractivity contribution in [1.29, 1.82) is 0 Å². The molecule has 0 aliphatic carbocycles. The number of nitrogens with one attached hydrogen (secondary N) is 1. The molecule has 1 unspecified atom stereocenters. The summed E-state index contributed by atoms with van der Waals surface area (Å²) in [6.45, 7) is 8.02. The van der Waals surface area contributed by atoms with Gasteiger partial charge in [-0.3, -0.25) is 4.79 Å². The minimum Gasteiger partial charge on any atom is -0.481 e. The minimum atomic E-state index is -0.834. The highest BCUT2D eigenvalue weighted by atomic mass is 32.2. The van der Waals surface area contributed by atoms with E-state index in [0.29, 0.717) is 6.42 Å². The zero-order chi connectivity index (χ0) is 15.2. The molecule has 2 N–H and O–H groups in total. The van der Waals surface area contributed by atoms with E-state index in [0.717, 1.165) is 31.7 Å². The van der Waals surface area contributed by atoms with E-state index in [4.69, 9.17) is 5.11 Å². The van der Waals surface area contributed by atoms with Crippen molar-refractivity contribution in [2.75, 3.05) is 25.4 Å². The topological polar surface area (TPSA) is 69.6 Å². The number of carbonyl (C=O) groups excluding carboxylic acids is 1. The summed E-state index contributed by atoms with van der Waals surface area (Å²) in [6.07, 6.45) is 2.36. The first-order chi connectivity index (χ1) is 9.35. The van der Waals surface area contributed by atoms with Crippen LogP contribution in [0, 0.1) is 5.92 Å². The monoisotopic (exact) mass is 302 g/mol. The smallest absolute Gasteiger partial charge is 0.317 e. The average Bonchev–Trinajstić information content (AvgIpc) is 2.54. The predicted octanol–water partition coefficient (Wildman–Crippen LogP) is 2.41. The lowest BCUT2D eigenvalue weighted by molar-refractivity contribution is -0.141. The molecule has 0 spiro atoms. The van der Waals surface area contributed by atoms with Gasteiger partial charge >= 0.3 is 12.0 Å². The maximum Gasteiger partial charge on any atom is 0.317 e. The molecule has 1 rings (SSSR count). The standard InChI is InChI=1S/C14H26N2O3S/c1-4-5-11(12(17)18)10-15-13(19)16-7-6-14(2,3)20-9-8-16/h11H,4-10H2,1-3H3,(H,15,19)(H,17,18). The third-order valence-corrected chi connectivity index (χ3v) is 4.98. The van der Waals surface area contributed by atoms with Gasteiger partial charge in [0.25, 0.3) is 0 Å². The van der Waals surface area contributed by atoms with Gasteiger partial charge in [-0.25, -0.2) is 4.79 Å². The molecule has 116 valence electrons. The van der Waals surface area contributed by atoms with Crippen molar-refractivity contribution in [3.63, 3.8) is 0 Å². The van der Waals surface area contributed by atoms with Crippen LogP contribution in [-0.2, 0) is 4.79 Å². The Balaban J connectivity index is 2.44. The van der Waals surface area contributed by atoms with Gasteiger partial charge < -0.3 is 15.3 Å². The molecule has 6 heteroatoms. The first-order valence-electron chi connectivity index (χ1n) is 7.25. The van der Waals surface area contributed by atoms with Gasteiger partial charge in [-0.1, -0.05) is 27.2 Å². The van der Waals surface area contributed by atoms with E-state index < -0.39 is 11.9 Å². The summed E-state index contributed by atoms with van der Waals surface area (Å²) in [6, 6.07) is -0.134. The van der Waals surface area contributed by atoms with Gasteiger partial charge in [-0.05, 0) is 12.8 Å². The van der Waals surface area contributed by atoms with Gasteiger partial charge in [-0.15, -0.1) is 0 Å². The molecule has 20 heavy (non-hydrogen) atoms. The first kappa shape index (κ1) is 17.1. The van der Waals surface area contributed by atoms with Crippen molar-refractivity contribution >= 4 is 23.8 Å². The summed E-state index contributed by atoms with van der Waals surface area (Å²) in [5.41, 5.74) is 0. The zero-order valence-corrected chi connectivity index (χ0v) is 13.5. The van der Waals surface area contributed by atoms with Crippen LogP contribution in [0.5, 0.6) is 0 Å². The molecule has 0 saturated carbocycles. The van der Waals surface area contributed by atoms with Crippen molar-refractivity contribution in [3.05, 3.63) is 0 Å². The number of carboxylic acids is 1. The highest BCUT2D eigenvalue weighted by molar-refractivity contribution is 8.00. The molecule has 0 aromatic heterocycles. The first-order valence-corrected chi connectivity index (χ1v) is 8.24. The number of amides is 2. The lowest BCUT2D eigenvalue weighted by Gasteiger charge is -2.23. The van der Waals surface area contributed by atoms with Gasteiger partial charge in [0.2, 0.25) is 0 Å². The second-order valence-corrected chi connectivity index (χ2v) is 7.66. The van der Waals surface area contributed by atoms with E-state index >= 15 is 0 Å². The van der Waals surface area contributed by atoms with E-state index in [1.165, 1.54) is 0 Å². The summed E-state index contributed by atoms with van der Waals surface area (Å²) >= 11 is 1.88. The Labute approximate surface area is 125 Å². The molecule has 0 aromatic carbocycles. The molecule has 0 aromatic rings. The van der Waals surface area contributed by atoms with Crippen LogP contribution in [0.2, 0.25) is 0 Å². The third-order valence-electron chi connectivity index (χ3n) is 3.61. The van der Waals surface area contributed by atoms with Crippen LogP contribution in [0.4, 0.5) is 4.79 Å². The van der Waals surface area contributed by atoms with Crippen molar-refractivity contribution in [2.45, 2.75) is 44.8 Å². The minimum absolute atomic E-state index is 0.134. The number of nitrogens with zero attached hydrogens (tertiary/aromatic N) is 1. The Hall–Kier alpha value is -0.910. The highest BCUT2D eigenvalue weighted by Crippen LogP contribution is 2.30. The second kappa shape index (κ2) is 7.76. The number of thioether (sulfide) groups is 1. The molecule has 5 nitrogen and oxygen atoms in total. The molecule has 1 atom stereocenters. The molecular weight excluding hydrogens is 276 g/mol.